The Morgan fingerprint density at radius 2 is 1.29 bits per heavy atom. The van der Waals surface area contributed by atoms with E-state index >= 15 is 0 Å². The van der Waals surface area contributed by atoms with Gasteiger partial charge in [-0.2, -0.15) is 5.26 Å². The number of carbonyl (C=O) groups excluding carboxylic acids is 2. The van der Waals surface area contributed by atoms with Gasteiger partial charge in [0, 0.05) is 113 Å². The van der Waals surface area contributed by atoms with Gasteiger partial charge in [-0.05, 0) is 172 Å². The predicted molar refractivity (Wildman–Crippen MR) is 320 cm³/mol. The number of urea groups is 1. The predicted octanol–water partition coefficient (Wildman–Crippen LogP) is 8.58. The van der Waals surface area contributed by atoms with Gasteiger partial charge in [-0.25, -0.2) is 31.2 Å². The van der Waals surface area contributed by atoms with Gasteiger partial charge in [0.05, 0.1) is 53.6 Å². The van der Waals surface area contributed by atoms with Gasteiger partial charge in [-0.15, -0.1) is 0 Å². The molecule has 82 heavy (non-hydrogen) atoms. The van der Waals surface area contributed by atoms with E-state index in [4.69, 9.17) is 39.2 Å². The number of benzene rings is 4. The molecular formula is C61H79Cl2N9O8S2. The van der Waals surface area contributed by atoms with Crippen molar-refractivity contribution in [3.63, 3.8) is 0 Å². The van der Waals surface area contributed by atoms with E-state index in [1.807, 2.05) is 58.3 Å². The lowest BCUT2D eigenvalue weighted by Crippen LogP contribution is -2.38. The third-order valence-electron chi connectivity index (χ3n) is 16.4. The zero-order valence-corrected chi connectivity index (χ0v) is 50.9. The monoisotopic (exact) mass is 1200 g/mol. The number of nitrogens with one attached hydrogen (secondary N) is 3. The first kappa shape index (κ1) is 63.0. The fourth-order valence-corrected chi connectivity index (χ4v) is 15.5. The number of likely N-dealkylation sites (N-methyl/N-ethyl adjacent to an activating group) is 2. The first-order valence-corrected chi connectivity index (χ1v) is 32.6. The van der Waals surface area contributed by atoms with Crippen LogP contribution < -0.4 is 15.4 Å². The van der Waals surface area contributed by atoms with Crippen LogP contribution in [0.5, 0.6) is 0 Å². The maximum atomic E-state index is 13.8. The van der Waals surface area contributed by atoms with Crippen molar-refractivity contribution in [3.8, 4) is 6.07 Å². The zero-order valence-electron chi connectivity index (χ0n) is 47.8. The average molecular weight is 1200 g/mol. The van der Waals surface area contributed by atoms with Crippen LogP contribution in [0, 0.1) is 37.7 Å². The van der Waals surface area contributed by atoms with Crippen molar-refractivity contribution in [2.24, 2.45) is 5.92 Å². The number of fused-ring (bicyclic) bond motifs is 2. The molecule has 0 radical (unpaired) electrons. The Bertz CT molecular complexity index is 3030. The normalized spacial score (nSPS) is 19.8. The Hall–Kier alpha value is -5.00. The topological polar surface area (TPSA) is 198 Å². The van der Waals surface area contributed by atoms with Gasteiger partial charge in [-0.1, -0.05) is 41.8 Å². The smallest absolute Gasteiger partial charge is 0.314 e. The van der Waals surface area contributed by atoms with Crippen LogP contribution in [-0.2, 0) is 47.2 Å². The molecule has 17 nitrogen and oxygen atoms in total. The molecule has 3 N–H and O–H groups in total. The molecule has 0 bridgehead atoms. The highest BCUT2D eigenvalue weighted by molar-refractivity contribution is 7.91. The Kier molecular flexibility index (Phi) is 22.4. The molecule has 2 fully saturated rings. The van der Waals surface area contributed by atoms with Crippen LogP contribution in [0.4, 0.5) is 10.5 Å². The molecule has 0 saturated carbocycles. The fraction of sp³-hybridized carbons (Fsp3) is 0.541. The SMILES string of the molecule is [C-]#[N+]c1cc(Cl)cc2c1CN(C)CC2c1cc(S(=O)(=O)N[C@H]2CCN(CCOCCNC(=O)NCCCCCC(=O)CCCOCCN3CC[C@H](CS(=O)(=O)c4ccc(C)c(C5CN(C)Cc6c(C#N)cc(Cl)cc65)c4)C3)C2)ccc1C. The van der Waals surface area contributed by atoms with E-state index in [0.717, 1.165) is 83.3 Å². The van der Waals surface area contributed by atoms with E-state index in [0.29, 0.717) is 144 Å². The Balaban J connectivity index is 0.624. The van der Waals surface area contributed by atoms with Crippen molar-refractivity contribution in [1.82, 2.24) is 35.0 Å². The number of unbranched alkanes of at least 4 members (excludes halogenated alkanes) is 2. The number of halogens is 2. The molecule has 4 heterocycles. The van der Waals surface area contributed by atoms with Crippen LogP contribution in [0.15, 0.2) is 70.5 Å². The maximum Gasteiger partial charge on any atom is 0.314 e. The number of rotatable bonds is 27. The van der Waals surface area contributed by atoms with E-state index in [2.05, 4.69) is 45.9 Å². The molecule has 0 aromatic heterocycles. The van der Waals surface area contributed by atoms with E-state index in [1.165, 1.54) is 0 Å². The van der Waals surface area contributed by atoms with Crippen LogP contribution in [-0.4, -0.2) is 166 Å². The van der Waals surface area contributed by atoms with Gasteiger partial charge < -0.3 is 34.8 Å². The molecule has 0 spiro atoms. The number of hydrogen-bond acceptors (Lipinski definition) is 13. The van der Waals surface area contributed by atoms with E-state index < -0.39 is 19.9 Å². The minimum atomic E-state index is -3.81. The molecule has 8 rings (SSSR count). The van der Waals surface area contributed by atoms with Crippen molar-refractivity contribution in [2.45, 2.75) is 106 Å². The van der Waals surface area contributed by atoms with Crippen LogP contribution in [0.3, 0.4) is 0 Å². The highest BCUT2D eigenvalue weighted by atomic mass is 35.5. The Morgan fingerprint density at radius 1 is 0.695 bits per heavy atom. The first-order valence-electron chi connectivity index (χ1n) is 28.7. The van der Waals surface area contributed by atoms with Gasteiger partial charge in [0.15, 0.2) is 15.5 Å². The third kappa shape index (κ3) is 16.9. The molecule has 4 aromatic rings. The number of sulfonamides is 1. The molecule has 4 aliphatic rings. The minimum Gasteiger partial charge on any atom is -0.380 e. The van der Waals surface area contributed by atoms with Gasteiger partial charge in [-0.3, -0.25) is 9.69 Å². The number of sulfone groups is 1. The number of ether oxygens (including phenoxy) is 2. The lowest BCUT2D eigenvalue weighted by Gasteiger charge is -2.34. The standard InChI is InChI=1S/C61H79Cl2N9O8S2/c1-42-12-14-50(32-52(42)57-38-69(4)37-56-45(34-64)28-46(62)29-54(56)57)81(75,76)41-44-16-20-71(35-44)22-26-79-24-9-11-49(73)10-7-6-8-18-66-61(74)67-19-25-80-27-23-72-21-17-48(36-72)68-82(77,78)51-15-13-43(2)53(33-51)58-39-70(5)40-59-55(58)30-47(63)31-60(59)65-3/h12-15,28-33,44,48,57-58,68H,6-11,16-27,35-41H2,1-2,4-5H3,(H2,66,67,74)/t44-,48-,57?,58?/m0/s1. The van der Waals surface area contributed by atoms with Gasteiger partial charge >= 0.3 is 6.03 Å². The first-order chi connectivity index (χ1) is 39.3. The van der Waals surface area contributed by atoms with Crippen molar-refractivity contribution in [3.05, 3.63) is 132 Å². The molecule has 0 aliphatic carbocycles. The van der Waals surface area contributed by atoms with Gasteiger partial charge in [0.2, 0.25) is 10.0 Å². The number of carbonyl (C=O) groups is 2. The average Bonchev–Trinajstić information content (AvgIpc) is 4.22. The van der Waals surface area contributed by atoms with Gasteiger partial charge in [0.25, 0.3) is 0 Å². The largest absolute Gasteiger partial charge is 0.380 e. The number of hydrogen-bond donors (Lipinski definition) is 3. The summed E-state index contributed by atoms with van der Waals surface area (Å²) in [6.45, 7) is 21.1. The molecule has 4 atom stereocenters. The van der Waals surface area contributed by atoms with E-state index in [9.17, 15) is 31.7 Å². The summed E-state index contributed by atoms with van der Waals surface area (Å²) < 4.78 is 69.7. The van der Waals surface area contributed by atoms with Crippen molar-refractivity contribution < 1.29 is 35.9 Å². The fourth-order valence-electron chi connectivity index (χ4n) is 12.1. The number of likely N-dealkylation sites (tertiary alicyclic amines) is 2. The van der Waals surface area contributed by atoms with Crippen LogP contribution in [0.2, 0.25) is 10.0 Å². The molecule has 2 unspecified atom stereocenters. The summed E-state index contributed by atoms with van der Waals surface area (Å²) in [5.41, 5.74) is 8.70. The number of amides is 2. The molecule has 2 saturated heterocycles. The number of nitrogens with zero attached hydrogens (tertiary/aromatic N) is 6. The van der Waals surface area contributed by atoms with Crippen LogP contribution in [0.25, 0.3) is 4.85 Å². The second-order valence-electron chi connectivity index (χ2n) is 22.8. The summed E-state index contributed by atoms with van der Waals surface area (Å²) in [5, 5.41) is 16.5. The zero-order chi connectivity index (χ0) is 58.6. The summed E-state index contributed by atoms with van der Waals surface area (Å²) in [4.78, 5) is 37.9. The highest BCUT2D eigenvalue weighted by Crippen LogP contribution is 2.42. The molecule has 21 heteroatoms. The molecular weight excluding hydrogens is 1120 g/mol. The van der Waals surface area contributed by atoms with Crippen LogP contribution in [0.1, 0.15) is 113 Å². The summed E-state index contributed by atoms with van der Waals surface area (Å²) in [7, 11) is -3.36. The van der Waals surface area contributed by atoms with E-state index in [-0.39, 0.29) is 46.3 Å². The molecule has 442 valence electrons. The van der Waals surface area contributed by atoms with Crippen molar-refractivity contribution >= 4 is 60.6 Å². The second kappa shape index (κ2) is 29.2. The summed E-state index contributed by atoms with van der Waals surface area (Å²) in [6.07, 6.45) is 5.43. The van der Waals surface area contributed by atoms with Crippen LogP contribution >= 0.6 is 23.2 Å². The Morgan fingerprint density at radius 3 is 1.99 bits per heavy atom. The number of aryl methyl sites for hydroxylation is 2. The summed E-state index contributed by atoms with van der Waals surface area (Å²) in [6, 6.07) is 19.7. The Labute approximate surface area is 495 Å². The molecule has 4 aromatic carbocycles. The lowest BCUT2D eigenvalue weighted by atomic mass is 9.81. The van der Waals surface area contributed by atoms with Crippen molar-refractivity contribution in [2.75, 3.05) is 112 Å². The second-order valence-corrected chi connectivity index (χ2v) is 27.4. The highest BCUT2D eigenvalue weighted by Gasteiger charge is 2.34. The lowest BCUT2D eigenvalue weighted by molar-refractivity contribution is -0.119. The number of ketones is 1. The van der Waals surface area contributed by atoms with Crippen molar-refractivity contribution in [1.29, 1.82) is 5.26 Å². The van der Waals surface area contributed by atoms with E-state index in [1.54, 1.807) is 30.3 Å². The summed E-state index contributed by atoms with van der Waals surface area (Å²) >= 11 is 12.9. The molecule has 4 aliphatic heterocycles. The summed E-state index contributed by atoms with van der Waals surface area (Å²) in [5.74, 6) is 0.0481. The van der Waals surface area contributed by atoms with Gasteiger partial charge in [0.1, 0.15) is 5.78 Å². The number of nitriles is 1. The minimum absolute atomic E-state index is 0.0167. The number of Topliss-reactive ketones (excluding diaryl/α,β-unsaturated/α-hetero) is 1. The maximum absolute atomic E-state index is 13.8. The quantitative estimate of drug-likeness (QED) is 0.0380. The molecule has 2 amide bonds. The third-order valence-corrected chi connectivity index (χ3v) is 20.3.